The number of nitrogens with one attached hydrogen (secondary N) is 1. The molecule has 1 aliphatic heterocycles. The van der Waals surface area contributed by atoms with Gasteiger partial charge in [-0.25, -0.2) is 18.1 Å². The van der Waals surface area contributed by atoms with Gasteiger partial charge in [-0.15, -0.1) is 11.3 Å². The fraction of sp³-hybridized carbons (Fsp3) is 0.211. The summed E-state index contributed by atoms with van der Waals surface area (Å²) in [6.07, 6.45) is 2.51. The Morgan fingerprint density at radius 1 is 1.07 bits per heavy atom. The van der Waals surface area contributed by atoms with E-state index in [2.05, 4.69) is 14.6 Å². The van der Waals surface area contributed by atoms with Crippen molar-refractivity contribution in [1.29, 1.82) is 0 Å². The zero-order valence-electron chi connectivity index (χ0n) is 14.7. The van der Waals surface area contributed by atoms with Gasteiger partial charge in [0, 0.05) is 30.7 Å². The van der Waals surface area contributed by atoms with Gasteiger partial charge < -0.3 is 4.90 Å². The summed E-state index contributed by atoms with van der Waals surface area (Å²) in [5.74, 6) is 0. The van der Waals surface area contributed by atoms with E-state index in [0.29, 0.717) is 16.6 Å². The maximum Gasteiger partial charge on any atom is 0.240 e. The molecule has 0 bridgehead atoms. The monoisotopic (exact) mass is 453 g/mol. The van der Waals surface area contributed by atoms with Gasteiger partial charge in [-0.3, -0.25) is 0 Å². The summed E-state index contributed by atoms with van der Waals surface area (Å²) >= 11 is 13.6. The second kappa shape index (κ2) is 8.00. The van der Waals surface area contributed by atoms with Crippen LogP contribution in [0.25, 0.3) is 11.1 Å². The third-order valence-corrected chi connectivity index (χ3v) is 7.73. The summed E-state index contributed by atoms with van der Waals surface area (Å²) in [4.78, 5) is 6.63. The van der Waals surface area contributed by atoms with Crippen LogP contribution in [0.1, 0.15) is 6.42 Å². The van der Waals surface area contributed by atoms with Gasteiger partial charge in [0.05, 0.1) is 14.9 Å². The van der Waals surface area contributed by atoms with Crippen molar-refractivity contribution in [2.45, 2.75) is 17.4 Å². The number of benzene rings is 2. The van der Waals surface area contributed by atoms with Crippen molar-refractivity contribution in [2.24, 2.45) is 0 Å². The highest BCUT2D eigenvalue weighted by atomic mass is 35.5. The first-order valence-corrected chi connectivity index (χ1v) is 11.8. The summed E-state index contributed by atoms with van der Waals surface area (Å²) < 4.78 is 28.3. The zero-order chi connectivity index (χ0) is 19.7. The fourth-order valence-electron chi connectivity index (χ4n) is 3.19. The third kappa shape index (κ3) is 4.18. The van der Waals surface area contributed by atoms with Crippen LogP contribution in [-0.4, -0.2) is 32.5 Å². The largest absolute Gasteiger partial charge is 0.346 e. The predicted octanol–water partition coefficient (Wildman–Crippen LogP) is 4.67. The van der Waals surface area contributed by atoms with Crippen LogP contribution in [0.3, 0.4) is 0 Å². The van der Waals surface area contributed by atoms with Crippen molar-refractivity contribution in [3.63, 3.8) is 0 Å². The molecule has 1 N–H and O–H groups in total. The number of rotatable bonds is 5. The van der Waals surface area contributed by atoms with Gasteiger partial charge in [-0.2, -0.15) is 0 Å². The van der Waals surface area contributed by atoms with Crippen LogP contribution in [0.4, 0.5) is 5.13 Å². The Kier molecular flexibility index (Phi) is 5.62. The second-order valence-electron chi connectivity index (χ2n) is 6.52. The maximum atomic E-state index is 12.7. The molecule has 0 spiro atoms. The minimum absolute atomic E-state index is 0.136. The average molecular weight is 454 g/mol. The van der Waals surface area contributed by atoms with Crippen LogP contribution in [0.15, 0.2) is 58.9 Å². The molecule has 146 valence electrons. The highest BCUT2D eigenvalue weighted by Crippen LogP contribution is 2.29. The summed E-state index contributed by atoms with van der Waals surface area (Å²) in [7, 11) is -3.59. The Morgan fingerprint density at radius 2 is 1.82 bits per heavy atom. The van der Waals surface area contributed by atoms with Crippen molar-refractivity contribution in [3.05, 3.63) is 64.1 Å². The van der Waals surface area contributed by atoms with Crippen molar-refractivity contribution in [2.75, 3.05) is 18.0 Å². The van der Waals surface area contributed by atoms with E-state index in [1.807, 2.05) is 11.4 Å². The highest BCUT2D eigenvalue weighted by Gasteiger charge is 2.28. The molecule has 2 heterocycles. The molecule has 2 aromatic carbocycles. The number of aromatic nitrogens is 1. The first kappa shape index (κ1) is 19.7. The number of nitrogens with zero attached hydrogens (tertiary/aromatic N) is 2. The molecule has 0 saturated carbocycles. The maximum absolute atomic E-state index is 12.7. The van der Waals surface area contributed by atoms with Gasteiger partial charge in [-0.05, 0) is 41.8 Å². The summed E-state index contributed by atoms with van der Waals surface area (Å²) in [5, 5.41) is 3.79. The van der Waals surface area contributed by atoms with Crippen molar-refractivity contribution in [3.8, 4) is 11.1 Å². The van der Waals surface area contributed by atoms with Gasteiger partial charge in [0.1, 0.15) is 0 Å². The lowest BCUT2D eigenvalue weighted by atomic mass is 10.1. The number of hydrogen-bond acceptors (Lipinski definition) is 5. The smallest absolute Gasteiger partial charge is 0.240 e. The summed E-state index contributed by atoms with van der Waals surface area (Å²) in [5.41, 5.74) is 1.74. The Balaban J connectivity index is 1.46. The van der Waals surface area contributed by atoms with Crippen LogP contribution >= 0.6 is 34.5 Å². The Bertz CT molecular complexity index is 1070. The lowest BCUT2D eigenvalue weighted by Crippen LogP contribution is -2.37. The number of anilines is 1. The molecule has 1 aromatic heterocycles. The predicted molar refractivity (Wildman–Crippen MR) is 115 cm³/mol. The molecule has 0 radical (unpaired) electrons. The van der Waals surface area contributed by atoms with Crippen molar-refractivity contribution < 1.29 is 8.42 Å². The zero-order valence-corrected chi connectivity index (χ0v) is 17.8. The van der Waals surface area contributed by atoms with Gasteiger partial charge >= 0.3 is 0 Å². The van der Waals surface area contributed by atoms with E-state index in [4.69, 9.17) is 23.2 Å². The molecule has 1 aliphatic rings. The molecule has 3 aromatic rings. The van der Waals surface area contributed by atoms with Crippen LogP contribution < -0.4 is 9.62 Å². The Morgan fingerprint density at radius 3 is 2.50 bits per heavy atom. The number of thiazole rings is 1. The van der Waals surface area contributed by atoms with E-state index >= 15 is 0 Å². The minimum Gasteiger partial charge on any atom is -0.346 e. The third-order valence-electron chi connectivity index (χ3n) is 4.62. The number of sulfonamides is 1. The van der Waals surface area contributed by atoms with Gasteiger partial charge in [0.15, 0.2) is 5.13 Å². The highest BCUT2D eigenvalue weighted by molar-refractivity contribution is 7.89. The summed E-state index contributed by atoms with van der Waals surface area (Å²) in [6, 6.07) is 11.9. The van der Waals surface area contributed by atoms with Crippen molar-refractivity contribution >= 4 is 49.7 Å². The first-order chi connectivity index (χ1) is 13.4. The van der Waals surface area contributed by atoms with E-state index < -0.39 is 10.0 Å². The molecule has 1 atom stereocenters. The van der Waals surface area contributed by atoms with Crippen LogP contribution in [0.5, 0.6) is 0 Å². The minimum atomic E-state index is -3.59. The molecule has 1 unspecified atom stereocenters. The SMILES string of the molecule is O=S(=O)(NC1CCN(c2nccs2)C1)c1ccc(-c2ccc(Cl)c(Cl)c2)cc1. The molecular formula is C19H17Cl2N3O2S2. The van der Waals surface area contributed by atoms with E-state index in [-0.39, 0.29) is 10.9 Å². The van der Waals surface area contributed by atoms with Crippen LogP contribution in [0.2, 0.25) is 10.0 Å². The topological polar surface area (TPSA) is 62.3 Å². The average Bonchev–Trinajstić information content (AvgIpc) is 3.35. The quantitative estimate of drug-likeness (QED) is 0.609. The molecule has 1 fully saturated rings. The lowest BCUT2D eigenvalue weighted by Gasteiger charge is -2.16. The molecule has 9 heteroatoms. The molecule has 4 rings (SSSR count). The molecular weight excluding hydrogens is 437 g/mol. The van der Waals surface area contributed by atoms with E-state index in [1.54, 1.807) is 53.9 Å². The van der Waals surface area contributed by atoms with Gasteiger partial charge in [0.25, 0.3) is 0 Å². The molecule has 1 saturated heterocycles. The number of halogens is 2. The van der Waals surface area contributed by atoms with Crippen molar-refractivity contribution in [1.82, 2.24) is 9.71 Å². The van der Waals surface area contributed by atoms with E-state index in [1.165, 1.54) is 0 Å². The second-order valence-corrected chi connectivity index (χ2v) is 9.92. The van der Waals surface area contributed by atoms with Crippen LogP contribution in [-0.2, 0) is 10.0 Å². The standard InChI is InChI=1S/C19H17Cl2N3O2S2/c20-17-6-3-14(11-18(17)21)13-1-4-16(5-2-13)28(25,26)23-15-7-9-24(12-15)19-22-8-10-27-19/h1-6,8,10-11,15,23H,7,9,12H2. The fourth-order valence-corrected chi connectivity index (χ4v) is 5.43. The molecule has 0 amide bonds. The van der Waals surface area contributed by atoms with Crippen LogP contribution in [0, 0.1) is 0 Å². The van der Waals surface area contributed by atoms with E-state index in [9.17, 15) is 8.42 Å². The molecule has 0 aliphatic carbocycles. The first-order valence-electron chi connectivity index (χ1n) is 8.65. The molecule has 28 heavy (non-hydrogen) atoms. The Hall–Kier alpha value is -1.64. The summed E-state index contributed by atoms with van der Waals surface area (Å²) in [6.45, 7) is 1.41. The molecule has 5 nitrogen and oxygen atoms in total. The normalized spacial score (nSPS) is 17.2. The van der Waals surface area contributed by atoms with E-state index in [0.717, 1.165) is 29.2 Å². The van der Waals surface area contributed by atoms with Gasteiger partial charge in [0.2, 0.25) is 10.0 Å². The lowest BCUT2D eigenvalue weighted by molar-refractivity contribution is 0.561. The number of hydrogen-bond donors (Lipinski definition) is 1. The Labute approximate surface area is 178 Å². The van der Waals surface area contributed by atoms with Gasteiger partial charge in [-0.1, -0.05) is 41.4 Å².